The van der Waals surface area contributed by atoms with Crippen LogP contribution in [0.5, 0.6) is 0 Å². The van der Waals surface area contributed by atoms with Crippen LogP contribution < -0.4 is 5.32 Å². The predicted octanol–water partition coefficient (Wildman–Crippen LogP) is 5.15. The first-order valence-electron chi connectivity index (χ1n) is 5.98. The lowest BCUT2D eigenvalue weighted by Crippen LogP contribution is -2.03. The van der Waals surface area contributed by atoms with Crippen LogP contribution in [-0.2, 0) is 6.42 Å². The summed E-state index contributed by atoms with van der Waals surface area (Å²) in [6.45, 7) is 0.938. The molecule has 0 saturated heterocycles. The Morgan fingerprint density at radius 3 is 2.61 bits per heavy atom. The van der Waals surface area contributed by atoms with Gasteiger partial charge in [-0.25, -0.2) is 0 Å². The summed E-state index contributed by atoms with van der Waals surface area (Å²) in [4.78, 5) is 0. The second-order valence-electron chi connectivity index (χ2n) is 4.14. The summed E-state index contributed by atoms with van der Waals surface area (Å²) in [7, 11) is 0. The van der Waals surface area contributed by atoms with Crippen LogP contribution in [0.25, 0.3) is 0 Å². The van der Waals surface area contributed by atoms with E-state index in [1.54, 1.807) is 0 Å². The third kappa shape index (κ3) is 4.04. The molecule has 2 rings (SSSR count). The van der Waals surface area contributed by atoms with Crippen molar-refractivity contribution >= 4 is 33.2 Å². The van der Waals surface area contributed by atoms with Crippen LogP contribution in [0.1, 0.15) is 12.0 Å². The van der Waals surface area contributed by atoms with Gasteiger partial charge in [0.05, 0.1) is 0 Å². The molecule has 1 N–H and O–H groups in total. The van der Waals surface area contributed by atoms with Crippen molar-refractivity contribution < 1.29 is 0 Å². The monoisotopic (exact) mass is 323 g/mol. The van der Waals surface area contributed by atoms with Crippen molar-refractivity contribution in [1.82, 2.24) is 0 Å². The average molecular weight is 325 g/mol. The fraction of sp³-hybridized carbons (Fsp3) is 0.200. The van der Waals surface area contributed by atoms with Gasteiger partial charge >= 0.3 is 0 Å². The summed E-state index contributed by atoms with van der Waals surface area (Å²) in [5.74, 6) is 0. The van der Waals surface area contributed by atoms with Crippen molar-refractivity contribution in [3.8, 4) is 0 Å². The molecule has 0 amide bonds. The maximum atomic E-state index is 5.96. The minimum absolute atomic E-state index is 0.753. The third-order valence-electron chi connectivity index (χ3n) is 2.73. The van der Waals surface area contributed by atoms with E-state index in [0.29, 0.717) is 0 Å². The van der Waals surface area contributed by atoms with Crippen LogP contribution in [-0.4, -0.2) is 6.54 Å². The molecule has 0 aliphatic carbocycles. The van der Waals surface area contributed by atoms with Gasteiger partial charge in [0.1, 0.15) is 0 Å². The highest BCUT2D eigenvalue weighted by Crippen LogP contribution is 2.25. The van der Waals surface area contributed by atoms with Crippen molar-refractivity contribution in [2.75, 3.05) is 11.9 Å². The Hall–Kier alpha value is -0.990. The lowest BCUT2D eigenvalue weighted by Gasteiger charge is -2.09. The Morgan fingerprint density at radius 1 is 1.06 bits per heavy atom. The molecule has 1 nitrogen and oxygen atoms in total. The highest BCUT2D eigenvalue weighted by atomic mass is 79.9. The van der Waals surface area contributed by atoms with Gasteiger partial charge in [0, 0.05) is 21.7 Å². The second kappa shape index (κ2) is 6.81. The van der Waals surface area contributed by atoms with Crippen molar-refractivity contribution in [1.29, 1.82) is 0 Å². The first-order chi connectivity index (χ1) is 8.75. The molecule has 0 heterocycles. The zero-order valence-electron chi connectivity index (χ0n) is 10.00. The first kappa shape index (κ1) is 13.4. The second-order valence-corrected chi connectivity index (χ2v) is 5.43. The van der Waals surface area contributed by atoms with Crippen LogP contribution in [0.2, 0.25) is 5.02 Å². The van der Waals surface area contributed by atoms with Gasteiger partial charge < -0.3 is 5.32 Å². The number of halogens is 2. The van der Waals surface area contributed by atoms with E-state index in [9.17, 15) is 0 Å². The molecule has 0 aliphatic rings. The summed E-state index contributed by atoms with van der Waals surface area (Å²) < 4.78 is 1.05. The molecule has 0 radical (unpaired) electrons. The Balaban J connectivity index is 1.80. The summed E-state index contributed by atoms with van der Waals surface area (Å²) in [5, 5.41) is 4.15. The standard InChI is InChI=1S/C15H15BrClN/c16-14-9-8-13(17)11-15(14)18-10-4-7-12-5-2-1-3-6-12/h1-3,5-6,8-9,11,18H,4,7,10H2. The summed E-state index contributed by atoms with van der Waals surface area (Å²) >= 11 is 9.47. The number of rotatable bonds is 5. The minimum Gasteiger partial charge on any atom is -0.384 e. The Bertz CT molecular complexity index is 499. The van der Waals surface area contributed by atoms with Gasteiger partial charge in [0.15, 0.2) is 0 Å². The van der Waals surface area contributed by atoms with E-state index in [1.165, 1.54) is 5.56 Å². The molecule has 0 spiro atoms. The van der Waals surface area contributed by atoms with Crippen molar-refractivity contribution in [2.45, 2.75) is 12.8 Å². The average Bonchev–Trinajstić information content (AvgIpc) is 2.40. The quantitative estimate of drug-likeness (QED) is 0.750. The van der Waals surface area contributed by atoms with Gasteiger partial charge in [0.2, 0.25) is 0 Å². The molecule has 0 bridgehead atoms. The van der Waals surface area contributed by atoms with E-state index in [4.69, 9.17) is 11.6 Å². The number of nitrogens with one attached hydrogen (secondary N) is 1. The smallest absolute Gasteiger partial charge is 0.0499 e. The van der Waals surface area contributed by atoms with Crippen molar-refractivity contribution in [3.63, 3.8) is 0 Å². The molecular formula is C15H15BrClN. The van der Waals surface area contributed by atoms with Crippen molar-refractivity contribution in [3.05, 3.63) is 63.6 Å². The minimum atomic E-state index is 0.753. The molecule has 0 aliphatic heterocycles. The molecule has 18 heavy (non-hydrogen) atoms. The van der Waals surface area contributed by atoms with Gasteiger partial charge in [-0.15, -0.1) is 0 Å². The third-order valence-corrected chi connectivity index (χ3v) is 3.66. The number of anilines is 1. The summed E-state index contributed by atoms with van der Waals surface area (Å²) in [6.07, 6.45) is 2.19. The van der Waals surface area contributed by atoms with Crippen LogP contribution in [0.4, 0.5) is 5.69 Å². The highest BCUT2D eigenvalue weighted by Gasteiger charge is 2.00. The van der Waals surface area contributed by atoms with Gasteiger partial charge in [-0.1, -0.05) is 41.9 Å². The van der Waals surface area contributed by atoms with E-state index in [1.807, 2.05) is 24.3 Å². The molecule has 0 atom stereocenters. The van der Waals surface area contributed by atoms with E-state index < -0.39 is 0 Å². The molecule has 3 heteroatoms. The normalized spacial score (nSPS) is 10.3. The topological polar surface area (TPSA) is 12.0 Å². The SMILES string of the molecule is Clc1ccc(Br)c(NCCCc2ccccc2)c1. The van der Waals surface area contributed by atoms with Crippen LogP contribution in [0.3, 0.4) is 0 Å². The zero-order valence-corrected chi connectivity index (χ0v) is 12.3. The largest absolute Gasteiger partial charge is 0.384 e. The van der Waals surface area contributed by atoms with E-state index >= 15 is 0 Å². The van der Waals surface area contributed by atoms with Gasteiger partial charge in [0.25, 0.3) is 0 Å². The molecule has 94 valence electrons. The van der Waals surface area contributed by atoms with Gasteiger partial charge in [-0.3, -0.25) is 0 Å². The maximum absolute atomic E-state index is 5.96. The molecule has 2 aromatic rings. The fourth-order valence-corrected chi connectivity index (χ4v) is 2.35. The number of hydrogen-bond acceptors (Lipinski definition) is 1. The van der Waals surface area contributed by atoms with E-state index in [-0.39, 0.29) is 0 Å². The molecule has 0 saturated carbocycles. The van der Waals surface area contributed by atoms with Gasteiger partial charge in [-0.2, -0.15) is 0 Å². The lowest BCUT2D eigenvalue weighted by molar-refractivity contribution is 0.862. The maximum Gasteiger partial charge on any atom is 0.0499 e. The Labute approximate surface area is 121 Å². The van der Waals surface area contributed by atoms with E-state index in [2.05, 4.69) is 45.5 Å². The molecule has 0 fully saturated rings. The van der Waals surface area contributed by atoms with Crippen LogP contribution in [0, 0.1) is 0 Å². The van der Waals surface area contributed by atoms with Crippen LogP contribution >= 0.6 is 27.5 Å². The highest BCUT2D eigenvalue weighted by molar-refractivity contribution is 9.10. The summed E-state index contributed by atoms with van der Waals surface area (Å²) in [5.41, 5.74) is 2.43. The van der Waals surface area contributed by atoms with Gasteiger partial charge in [-0.05, 0) is 52.5 Å². The fourth-order valence-electron chi connectivity index (χ4n) is 1.79. The molecule has 0 aromatic heterocycles. The first-order valence-corrected chi connectivity index (χ1v) is 7.15. The number of hydrogen-bond donors (Lipinski definition) is 1. The number of benzene rings is 2. The molecule has 0 unspecified atom stereocenters. The van der Waals surface area contributed by atoms with Crippen molar-refractivity contribution in [2.24, 2.45) is 0 Å². The Morgan fingerprint density at radius 2 is 1.83 bits per heavy atom. The molecule has 2 aromatic carbocycles. The molecular weight excluding hydrogens is 310 g/mol. The zero-order chi connectivity index (χ0) is 12.8. The number of aryl methyl sites for hydroxylation is 1. The summed E-state index contributed by atoms with van der Waals surface area (Å²) in [6, 6.07) is 16.3. The lowest BCUT2D eigenvalue weighted by atomic mass is 10.1. The predicted molar refractivity (Wildman–Crippen MR) is 82.4 cm³/mol. The van der Waals surface area contributed by atoms with Crippen LogP contribution in [0.15, 0.2) is 53.0 Å². The Kier molecular flexibility index (Phi) is 5.09. The van der Waals surface area contributed by atoms with E-state index in [0.717, 1.165) is 34.6 Å².